The first-order valence-electron chi connectivity index (χ1n) is 5.64. The summed E-state index contributed by atoms with van der Waals surface area (Å²) in [7, 11) is 0. The second kappa shape index (κ2) is 6.99. The molecule has 1 aromatic rings. The van der Waals surface area contributed by atoms with E-state index in [1.165, 1.54) is 34.6 Å². The van der Waals surface area contributed by atoms with E-state index in [1.54, 1.807) is 11.3 Å². The number of hydrogen-bond donors (Lipinski definition) is 1. The van der Waals surface area contributed by atoms with Gasteiger partial charge in [-0.25, -0.2) is 0 Å². The molecule has 0 amide bonds. The minimum absolute atomic E-state index is 0.640. The molecule has 3 heteroatoms. The van der Waals surface area contributed by atoms with Gasteiger partial charge in [-0.1, -0.05) is 19.8 Å². The van der Waals surface area contributed by atoms with E-state index >= 15 is 0 Å². The Kier molecular flexibility index (Phi) is 5.91. The van der Waals surface area contributed by atoms with Crippen molar-refractivity contribution in [3.05, 3.63) is 21.4 Å². The highest BCUT2D eigenvalue weighted by molar-refractivity contribution is 7.12. The summed E-state index contributed by atoms with van der Waals surface area (Å²) < 4.78 is 5.63. The normalized spacial score (nSPS) is 10.9. The van der Waals surface area contributed by atoms with Gasteiger partial charge in [0.1, 0.15) is 0 Å². The second-order valence-corrected chi connectivity index (χ2v) is 5.10. The lowest BCUT2D eigenvalue weighted by Gasteiger charge is -2.02. The zero-order valence-corrected chi connectivity index (χ0v) is 10.5. The second-order valence-electron chi connectivity index (χ2n) is 3.76. The molecule has 1 aromatic heterocycles. The molecule has 0 saturated carbocycles. The molecule has 15 heavy (non-hydrogen) atoms. The van der Waals surface area contributed by atoms with Crippen LogP contribution in [0, 0.1) is 6.92 Å². The van der Waals surface area contributed by atoms with Crippen LogP contribution in [0.2, 0.25) is 0 Å². The van der Waals surface area contributed by atoms with Crippen molar-refractivity contribution in [3.8, 4) is 0 Å². The van der Waals surface area contributed by atoms with Gasteiger partial charge >= 0.3 is 0 Å². The summed E-state index contributed by atoms with van der Waals surface area (Å²) in [6, 6.07) is 2.17. The number of hydrogen-bond acceptors (Lipinski definition) is 3. The lowest BCUT2D eigenvalue weighted by molar-refractivity contribution is 0.117. The standard InChI is InChI=1S/C12H21NOS/c1-3-4-5-6-14-9-11-7-12(8-13)15-10(11)2/h7H,3-6,8-9,13H2,1-2H3. The molecule has 0 aromatic carbocycles. The van der Waals surface area contributed by atoms with E-state index in [4.69, 9.17) is 10.5 Å². The maximum Gasteiger partial charge on any atom is 0.0727 e. The molecule has 0 spiro atoms. The Bertz CT molecular complexity index is 283. The van der Waals surface area contributed by atoms with E-state index in [0.29, 0.717) is 6.54 Å². The molecule has 0 radical (unpaired) electrons. The van der Waals surface area contributed by atoms with Crippen molar-refractivity contribution in [1.29, 1.82) is 0 Å². The molecule has 1 rings (SSSR count). The molecule has 86 valence electrons. The largest absolute Gasteiger partial charge is 0.377 e. The van der Waals surface area contributed by atoms with Crippen LogP contribution >= 0.6 is 11.3 Å². The van der Waals surface area contributed by atoms with E-state index < -0.39 is 0 Å². The molecule has 0 bridgehead atoms. The van der Waals surface area contributed by atoms with Crippen LogP contribution < -0.4 is 5.73 Å². The van der Waals surface area contributed by atoms with Crippen LogP contribution in [-0.2, 0) is 17.9 Å². The molecule has 0 aliphatic rings. The zero-order chi connectivity index (χ0) is 11.1. The third kappa shape index (κ3) is 4.33. The van der Waals surface area contributed by atoms with Gasteiger partial charge in [0.05, 0.1) is 6.61 Å². The summed E-state index contributed by atoms with van der Waals surface area (Å²) >= 11 is 1.78. The maximum atomic E-state index is 5.63. The highest BCUT2D eigenvalue weighted by atomic mass is 32.1. The molecule has 2 nitrogen and oxygen atoms in total. The molecule has 0 fully saturated rings. The van der Waals surface area contributed by atoms with E-state index in [9.17, 15) is 0 Å². The first-order chi connectivity index (χ1) is 7.27. The fourth-order valence-electron chi connectivity index (χ4n) is 1.47. The molecular formula is C12H21NOS. The van der Waals surface area contributed by atoms with E-state index in [-0.39, 0.29) is 0 Å². The van der Waals surface area contributed by atoms with Gasteiger partial charge in [-0.15, -0.1) is 11.3 Å². The monoisotopic (exact) mass is 227 g/mol. The van der Waals surface area contributed by atoms with Crippen molar-refractivity contribution in [3.63, 3.8) is 0 Å². The first-order valence-corrected chi connectivity index (χ1v) is 6.45. The Morgan fingerprint density at radius 1 is 1.40 bits per heavy atom. The lowest BCUT2D eigenvalue weighted by Crippen LogP contribution is -1.96. The predicted octanol–water partition coefficient (Wildman–Crippen LogP) is 3.22. The number of unbranched alkanes of at least 4 members (excludes halogenated alkanes) is 2. The average Bonchev–Trinajstić information content (AvgIpc) is 2.59. The van der Waals surface area contributed by atoms with Crippen LogP contribution in [0.1, 0.15) is 41.5 Å². The maximum absolute atomic E-state index is 5.63. The highest BCUT2D eigenvalue weighted by Crippen LogP contribution is 2.21. The summed E-state index contributed by atoms with van der Waals surface area (Å²) in [6.45, 7) is 6.60. The van der Waals surface area contributed by atoms with Crippen LogP contribution in [0.15, 0.2) is 6.07 Å². The van der Waals surface area contributed by atoms with Gasteiger partial charge < -0.3 is 10.5 Å². The van der Waals surface area contributed by atoms with Gasteiger partial charge in [-0.3, -0.25) is 0 Å². The fraction of sp³-hybridized carbons (Fsp3) is 0.667. The Morgan fingerprint density at radius 2 is 2.20 bits per heavy atom. The Balaban J connectivity index is 2.27. The zero-order valence-electron chi connectivity index (χ0n) is 9.71. The van der Waals surface area contributed by atoms with Crippen molar-refractivity contribution in [1.82, 2.24) is 0 Å². The molecule has 0 saturated heterocycles. The quantitative estimate of drug-likeness (QED) is 0.726. The van der Waals surface area contributed by atoms with Gasteiger partial charge in [0.15, 0.2) is 0 Å². The summed E-state index contributed by atoms with van der Waals surface area (Å²) in [5.41, 5.74) is 6.90. The topological polar surface area (TPSA) is 35.2 Å². The molecule has 2 N–H and O–H groups in total. The van der Waals surface area contributed by atoms with Crippen molar-refractivity contribution < 1.29 is 4.74 Å². The SMILES string of the molecule is CCCCCOCc1cc(CN)sc1C. The van der Waals surface area contributed by atoms with Gasteiger partial charge in [-0.05, 0) is 25.0 Å². The first kappa shape index (κ1) is 12.7. The van der Waals surface area contributed by atoms with Crippen LogP contribution in [0.3, 0.4) is 0 Å². The molecule has 0 aliphatic carbocycles. The van der Waals surface area contributed by atoms with Crippen molar-refractivity contribution in [2.45, 2.75) is 46.3 Å². The van der Waals surface area contributed by atoms with Crippen molar-refractivity contribution >= 4 is 11.3 Å². The highest BCUT2D eigenvalue weighted by Gasteiger charge is 2.03. The third-order valence-electron chi connectivity index (χ3n) is 2.42. The van der Waals surface area contributed by atoms with Crippen LogP contribution in [0.4, 0.5) is 0 Å². The number of rotatable bonds is 7. The molecule has 1 heterocycles. The molecule has 0 atom stereocenters. The summed E-state index contributed by atoms with van der Waals surface area (Å²) in [4.78, 5) is 2.59. The minimum Gasteiger partial charge on any atom is -0.377 e. The number of ether oxygens (including phenoxy) is 1. The van der Waals surface area contributed by atoms with Crippen LogP contribution in [0.25, 0.3) is 0 Å². The predicted molar refractivity (Wildman–Crippen MR) is 66.1 cm³/mol. The molecule has 0 unspecified atom stereocenters. The van der Waals surface area contributed by atoms with Gasteiger partial charge in [0.2, 0.25) is 0 Å². The molecule has 0 aliphatic heterocycles. The number of thiophene rings is 1. The van der Waals surface area contributed by atoms with Crippen molar-refractivity contribution in [2.75, 3.05) is 6.61 Å². The third-order valence-corrected chi connectivity index (χ3v) is 3.54. The van der Waals surface area contributed by atoms with Gasteiger partial charge in [0.25, 0.3) is 0 Å². The van der Waals surface area contributed by atoms with Crippen LogP contribution in [0.5, 0.6) is 0 Å². The minimum atomic E-state index is 0.640. The summed E-state index contributed by atoms with van der Waals surface area (Å²) in [6.07, 6.45) is 3.68. The van der Waals surface area contributed by atoms with Gasteiger partial charge in [-0.2, -0.15) is 0 Å². The van der Waals surface area contributed by atoms with E-state index in [1.807, 2.05) is 0 Å². The smallest absolute Gasteiger partial charge is 0.0727 e. The average molecular weight is 227 g/mol. The van der Waals surface area contributed by atoms with Crippen LogP contribution in [-0.4, -0.2) is 6.61 Å². The molecular weight excluding hydrogens is 206 g/mol. The Morgan fingerprint density at radius 3 is 2.80 bits per heavy atom. The number of aryl methyl sites for hydroxylation is 1. The van der Waals surface area contributed by atoms with E-state index in [0.717, 1.165) is 13.2 Å². The van der Waals surface area contributed by atoms with Crippen molar-refractivity contribution in [2.24, 2.45) is 5.73 Å². The fourth-order valence-corrected chi connectivity index (χ4v) is 2.39. The Labute approximate surface area is 96.4 Å². The van der Waals surface area contributed by atoms with Gasteiger partial charge in [0, 0.05) is 22.9 Å². The van der Waals surface area contributed by atoms with E-state index in [2.05, 4.69) is 19.9 Å². The summed E-state index contributed by atoms with van der Waals surface area (Å²) in [5.74, 6) is 0. The number of nitrogens with two attached hydrogens (primary N) is 1. The lowest BCUT2D eigenvalue weighted by atomic mass is 10.2. The Hall–Kier alpha value is -0.380. The summed E-state index contributed by atoms with van der Waals surface area (Å²) in [5, 5.41) is 0.